The first-order chi connectivity index (χ1) is 12.7. The van der Waals surface area contributed by atoms with Gasteiger partial charge < -0.3 is 10.1 Å². The number of ether oxygens (including phenoxy) is 1. The van der Waals surface area contributed by atoms with E-state index in [0.717, 1.165) is 35.6 Å². The Balaban J connectivity index is 1.81. The van der Waals surface area contributed by atoms with Gasteiger partial charge >= 0.3 is 0 Å². The molecule has 0 saturated carbocycles. The van der Waals surface area contributed by atoms with Gasteiger partial charge in [-0.2, -0.15) is 0 Å². The van der Waals surface area contributed by atoms with Crippen molar-refractivity contribution in [2.24, 2.45) is 0 Å². The summed E-state index contributed by atoms with van der Waals surface area (Å²) in [6.07, 6.45) is 3.21. The Morgan fingerprint density at radius 3 is 2.50 bits per heavy atom. The second kappa shape index (κ2) is 8.68. The molecule has 0 aliphatic rings. The number of rotatable bonds is 7. The van der Waals surface area contributed by atoms with Crippen molar-refractivity contribution in [2.75, 3.05) is 5.32 Å². The van der Waals surface area contributed by atoms with Crippen molar-refractivity contribution < 1.29 is 4.74 Å². The average Bonchev–Trinajstić information content (AvgIpc) is 2.68. The molecule has 0 fully saturated rings. The molecule has 0 amide bonds. The molecule has 0 saturated heterocycles. The Morgan fingerprint density at radius 2 is 1.77 bits per heavy atom. The van der Waals surface area contributed by atoms with Crippen molar-refractivity contribution in [1.29, 1.82) is 0 Å². The van der Waals surface area contributed by atoms with Crippen molar-refractivity contribution in [3.63, 3.8) is 0 Å². The lowest BCUT2D eigenvalue weighted by molar-refractivity contribution is 0.481. The summed E-state index contributed by atoms with van der Waals surface area (Å²) in [6, 6.07) is 17.9. The fourth-order valence-corrected chi connectivity index (χ4v) is 3.04. The summed E-state index contributed by atoms with van der Waals surface area (Å²) in [7, 11) is 0. The zero-order chi connectivity index (χ0) is 18.4. The first-order valence-corrected chi connectivity index (χ1v) is 9.17. The van der Waals surface area contributed by atoms with Crippen LogP contribution in [0.3, 0.4) is 0 Å². The van der Waals surface area contributed by atoms with Crippen molar-refractivity contribution in [3.8, 4) is 11.5 Å². The number of aromatic nitrogens is 2. The van der Waals surface area contributed by atoms with Crippen molar-refractivity contribution in [1.82, 2.24) is 9.97 Å². The van der Waals surface area contributed by atoms with Crippen LogP contribution in [0.4, 0.5) is 5.82 Å². The molecule has 1 atom stereocenters. The van der Waals surface area contributed by atoms with Crippen LogP contribution in [0.1, 0.15) is 37.6 Å². The Labute approximate surface area is 159 Å². The number of benzene rings is 2. The fraction of sp³-hybridized carbons (Fsp3) is 0.238. The number of hydrogen-bond acceptors (Lipinski definition) is 4. The van der Waals surface area contributed by atoms with Gasteiger partial charge in [-0.1, -0.05) is 55.8 Å². The summed E-state index contributed by atoms with van der Waals surface area (Å²) >= 11 is 6.42. The maximum atomic E-state index is 6.42. The minimum atomic E-state index is 0.0754. The Hall–Kier alpha value is -2.59. The fourth-order valence-electron chi connectivity index (χ4n) is 2.76. The van der Waals surface area contributed by atoms with Crippen LogP contribution < -0.4 is 10.1 Å². The monoisotopic (exact) mass is 367 g/mol. The predicted molar refractivity (Wildman–Crippen MR) is 106 cm³/mol. The molecule has 1 N–H and O–H groups in total. The number of nitrogens with zero attached hydrogens (tertiary/aromatic N) is 2. The molecule has 0 aliphatic carbocycles. The Bertz CT molecular complexity index is 855. The number of halogens is 1. The summed E-state index contributed by atoms with van der Waals surface area (Å²) in [5.41, 5.74) is 1.97. The highest BCUT2D eigenvalue weighted by Crippen LogP contribution is 2.30. The Kier molecular flexibility index (Phi) is 6.08. The maximum absolute atomic E-state index is 6.42. The average molecular weight is 368 g/mol. The number of aryl methyl sites for hydroxylation is 1. The third kappa shape index (κ3) is 4.33. The van der Waals surface area contributed by atoms with Crippen LogP contribution in [0.5, 0.6) is 11.5 Å². The van der Waals surface area contributed by atoms with Crippen molar-refractivity contribution in [3.05, 3.63) is 77.2 Å². The molecule has 3 rings (SSSR count). The zero-order valence-corrected chi connectivity index (χ0v) is 15.7. The van der Waals surface area contributed by atoms with E-state index in [4.69, 9.17) is 16.3 Å². The second-order valence-corrected chi connectivity index (χ2v) is 6.31. The highest BCUT2D eigenvalue weighted by Gasteiger charge is 2.15. The summed E-state index contributed by atoms with van der Waals surface area (Å²) in [5.74, 6) is 2.29. The second-order valence-electron chi connectivity index (χ2n) is 5.93. The van der Waals surface area contributed by atoms with E-state index in [9.17, 15) is 0 Å². The molecule has 0 bridgehead atoms. The van der Waals surface area contributed by atoms with Gasteiger partial charge in [0.25, 0.3) is 0 Å². The molecular weight excluding hydrogens is 346 g/mol. The lowest BCUT2D eigenvalue weighted by Gasteiger charge is -2.20. The Morgan fingerprint density at radius 1 is 1.00 bits per heavy atom. The normalized spacial score (nSPS) is 11.8. The van der Waals surface area contributed by atoms with E-state index in [-0.39, 0.29) is 6.04 Å². The summed E-state index contributed by atoms with van der Waals surface area (Å²) in [4.78, 5) is 8.53. The summed E-state index contributed by atoms with van der Waals surface area (Å²) in [6.45, 7) is 4.15. The van der Waals surface area contributed by atoms with Crippen LogP contribution in [0, 0.1) is 0 Å². The molecule has 5 heteroatoms. The predicted octanol–water partition coefficient (Wildman–Crippen LogP) is 6.05. The van der Waals surface area contributed by atoms with E-state index in [1.54, 1.807) is 6.33 Å². The molecule has 0 aliphatic heterocycles. The number of para-hydroxylation sites is 1. The van der Waals surface area contributed by atoms with Gasteiger partial charge in [0.1, 0.15) is 28.7 Å². The minimum absolute atomic E-state index is 0.0754. The highest BCUT2D eigenvalue weighted by molar-refractivity contribution is 6.33. The molecule has 0 spiro atoms. The lowest BCUT2D eigenvalue weighted by Crippen LogP contribution is -2.12. The SMILES string of the molecule is CCc1ncnc(NC(CC)c2cccc(Oc3ccccc3)c2)c1Cl. The number of anilines is 1. The van der Waals surface area contributed by atoms with Gasteiger partial charge in [0.2, 0.25) is 0 Å². The first-order valence-electron chi connectivity index (χ1n) is 8.80. The highest BCUT2D eigenvalue weighted by atomic mass is 35.5. The van der Waals surface area contributed by atoms with Crippen LogP contribution in [0.15, 0.2) is 60.9 Å². The van der Waals surface area contributed by atoms with Gasteiger partial charge in [-0.3, -0.25) is 0 Å². The standard InChI is InChI=1S/C21H22ClN3O/c1-3-18(25-21-20(22)19(4-2)23-14-24-21)15-9-8-12-17(13-15)26-16-10-6-5-7-11-16/h5-14,18H,3-4H2,1-2H3,(H,23,24,25). The van der Waals surface area contributed by atoms with Gasteiger partial charge in [-0.15, -0.1) is 0 Å². The van der Waals surface area contributed by atoms with Crippen molar-refractivity contribution >= 4 is 17.4 Å². The van der Waals surface area contributed by atoms with Gasteiger partial charge in [0, 0.05) is 0 Å². The largest absolute Gasteiger partial charge is 0.457 e. The van der Waals surface area contributed by atoms with Crippen LogP contribution in [-0.2, 0) is 6.42 Å². The summed E-state index contributed by atoms with van der Waals surface area (Å²) < 4.78 is 5.94. The molecule has 4 nitrogen and oxygen atoms in total. The van der Waals surface area contributed by atoms with E-state index in [2.05, 4.69) is 28.3 Å². The molecule has 2 aromatic carbocycles. The van der Waals surface area contributed by atoms with Crippen LogP contribution in [0.2, 0.25) is 5.02 Å². The summed E-state index contributed by atoms with van der Waals surface area (Å²) in [5, 5.41) is 4.03. The molecule has 26 heavy (non-hydrogen) atoms. The van der Waals surface area contributed by atoms with Gasteiger partial charge in [-0.25, -0.2) is 9.97 Å². The molecule has 0 radical (unpaired) electrons. The quantitative estimate of drug-likeness (QED) is 0.552. The lowest BCUT2D eigenvalue weighted by atomic mass is 10.0. The van der Waals surface area contributed by atoms with E-state index in [1.807, 2.05) is 55.5 Å². The zero-order valence-electron chi connectivity index (χ0n) is 14.9. The van der Waals surface area contributed by atoms with Crippen LogP contribution in [0.25, 0.3) is 0 Å². The van der Waals surface area contributed by atoms with Gasteiger partial charge in [-0.05, 0) is 42.7 Å². The van der Waals surface area contributed by atoms with Gasteiger partial charge in [0.15, 0.2) is 0 Å². The van der Waals surface area contributed by atoms with E-state index in [1.165, 1.54) is 0 Å². The molecule has 1 aromatic heterocycles. The van der Waals surface area contributed by atoms with Crippen molar-refractivity contribution in [2.45, 2.75) is 32.7 Å². The first kappa shape index (κ1) is 18.2. The molecular formula is C21H22ClN3O. The number of nitrogens with one attached hydrogen (secondary N) is 1. The smallest absolute Gasteiger partial charge is 0.149 e. The van der Waals surface area contributed by atoms with Gasteiger partial charge in [0.05, 0.1) is 11.7 Å². The van der Waals surface area contributed by atoms with E-state index >= 15 is 0 Å². The molecule has 3 aromatic rings. The third-order valence-electron chi connectivity index (χ3n) is 4.16. The maximum Gasteiger partial charge on any atom is 0.149 e. The minimum Gasteiger partial charge on any atom is -0.457 e. The molecule has 1 heterocycles. The van der Waals surface area contributed by atoms with E-state index in [0.29, 0.717) is 10.8 Å². The third-order valence-corrected chi connectivity index (χ3v) is 4.55. The van der Waals surface area contributed by atoms with E-state index < -0.39 is 0 Å². The van der Waals surface area contributed by atoms with Crippen LogP contribution in [-0.4, -0.2) is 9.97 Å². The topological polar surface area (TPSA) is 47.0 Å². The molecule has 134 valence electrons. The molecule has 1 unspecified atom stereocenters. The number of hydrogen-bond donors (Lipinski definition) is 1. The van der Waals surface area contributed by atoms with Crippen LogP contribution >= 0.6 is 11.6 Å².